The van der Waals surface area contributed by atoms with Gasteiger partial charge in [0.2, 0.25) is 0 Å². The zero-order valence-electron chi connectivity index (χ0n) is 10.9. The summed E-state index contributed by atoms with van der Waals surface area (Å²) >= 11 is 0. The summed E-state index contributed by atoms with van der Waals surface area (Å²) < 4.78 is 28.2. The number of nitrogens with zero attached hydrogens (tertiary/aromatic N) is 2. The lowest BCUT2D eigenvalue weighted by Gasteiger charge is -2.05. The maximum absolute atomic E-state index is 12.1. The van der Waals surface area contributed by atoms with Crippen LogP contribution in [0.15, 0.2) is 41.6 Å². The van der Waals surface area contributed by atoms with Crippen molar-refractivity contribution in [2.75, 3.05) is 11.3 Å². The fraction of sp³-hybridized carbons (Fsp3) is 0.154. The molecule has 1 aromatic carbocycles. The average molecular weight is 290 g/mol. The van der Waals surface area contributed by atoms with Gasteiger partial charge in [-0.15, -0.1) is 0 Å². The predicted molar refractivity (Wildman–Crippen MR) is 76.4 cm³/mol. The fourth-order valence-corrected chi connectivity index (χ4v) is 2.59. The molecule has 104 valence electrons. The first-order valence-corrected chi connectivity index (χ1v) is 7.30. The van der Waals surface area contributed by atoms with Crippen molar-refractivity contribution in [3.63, 3.8) is 0 Å². The van der Waals surface area contributed by atoms with Crippen molar-refractivity contribution in [1.82, 2.24) is 9.78 Å². The molecule has 2 rings (SSSR count). The maximum Gasteiger partial charge on any atom is 0.261 e. The summed E-state index contributed by atoms with van der Waals surface area (Å²) in [4.78, 5) is 0.166. The van der Waals surface area contributed by atoms with Gasteiger partial charge in [-0.25, -0.2) is 8.42 Å². The molecule has 3 N–H and O–H groups in total. The van der Waals surface area contributed by atoms with E-state index < -0.39 is 10.0 Å². The summed E-state index contributed by atoms with van der Waals surface area (Å²) in [5.41, 5.74) is 6.41. The van der Waals surface area contributed by atoms with Crippen LogP contribution in [-0.2, 0) is 17.1 Å². The van der Waals surface area contributed by atoms with E-state index in [2.05, 4.69) is 21.7 Å². The second-order valence-electron chi connectivity index (χ2n) is 4.04. The van der Waals surface area contributed by atoms with Gasteiger partial charge in [-0.1, -0.05) is 11.8 Å². The summed E-state index contributed by atoms with van der Waals surface area (Å²) in [6.07, 6.45) is 3.03. The smallest absolute Gasteiger partial charge is 0.261 e. The lowest BCUT2D eigenvalue weighted by atomic mass is 10.2. The highest BCUT2D eigenvalue weighted by Crippen LogP contribution is 2.15. The van der Waals surface area contributed by atoms with Gasteiger partial charge >= 0.3 is 0 Å². The summed E-state index contributed by atoms with van der Waals surface area (Å²) in [6, 6.07) is 6.28. The number of sulfonamides is 1. The third-order valence-electron chi connectivity index (χ3n) is 2.46. The summed E-state index contributed by atoms with van der Waals surface area (Å²) in [5, 5.41) is 3.90. The molecular weight excluding hydrogens is 276 g/mol. The van der Waals surface area contributed by atoms with Gasteiger partial charge in [0.1, 0.15) is 0 Å². The highest BCUT2D eigenvalue weighted by Gasteiger charge is 2.14. The van der Waals surface area contributed by atoms with Crippen LogP contribution >= 0.6 is 0 Å². The molecule has 1 aromatic heterocycles. The zero-order valence-corrected chi connectivity index (χ0v) is 11.7. The summed E-state index contributed by atoms with van der Waals surface area (Å²) in [6.45, 7) is 0.266. The highest BCUT2D eigenvalue weighted by molar-refractivity contribution is 7.92. The number of aryl methyl sites for hydroxylation is 1. The molecule has 0 saturated heterocycles. The van der Waals surface area contributed by atoms with Gasteiger partial charge in [0.25, 0.3) is 10.0 Å². The van der Waals surface area contributed by atoms with Gasteiger partial charge in [0, 0.05) is 18.8 Å². The molecule has 20 heavy (non-hydrogen) atoms. The Morgan fingerprint density at radius 2 is 2.05 bits per heavy atom. The van der Waals surface area contributed by atoms with Crippen LogP contribution in [0.25, 0.3) is 0 Å². The van der Waals surface area contributed by atoms with Crippen molar-refractivity contribution in [2.45, 2.75) is 4.90 Å². The van der Waals surface area contributed by atoms with Crippen LogP contribution in [0, 0.1) is 11.8 Å². The number of hydrogen-bond acceptors (Lipinski definition) is 4. The van der Waals surface area contributed by atoms with Crippen LogP contribution in [0.3, 0.4) is 0 Å². The molecule has 2 aromatic rings. The molecule has 0 fully saturated rings. The van der Waals surface area contributed by atoms with Gasteiger partial charge in [-0.3, -0.25) is 9.40 Å². The Labute approximate surface area is 117 Å². The average Bonchev–Trinajstić information content (AvgIpc) is 2.81. The van der Waals surface area contributed by atoms with Crippen LogP contribution in [0.1, 0.15) is 5.56 Å². The van der Waals surface area contributed by atoms with Crippen molar-refractivity contribution in [2.24, 2.45) is 12.8 Å². The fourth-order valence-electron chi connectivity index (χ4n) is 1.56. The lowest BCUT2D eigenvalue weighted by Crippen LogP contribution is -2.12. The molecule has 0 radical (unpaired) electrons. The summed E-state index contributed by atoms with van der Waals surface area (Å²) in [7, 11) is -1.90. The van der Waals surface area contributed by atoms with Crippen molar-refractivity contribution in [3.05, 3.63) is 42.2 Å². The molecular formula is C13H14N4O2S. The molecule has 0 unspecified atom stereocenters. The number of nitrogens with one attached hydrogen (secondary N) is 1. The van der Waals surface area contributed by atoms with E-state index in [9.17, 15) is 8.42 Å². The first kappa shape index (κ1) is 14.1. The van der Waals surface area contributed by atoms with E-state index in [1.54, 1.807) is 25.4 Å². The van der Waals surface area contributed by atoms with E-state index in [1.807, 2.05) is 0 Å². The van der Waals surface area contributed by atoms with Crippen molar-refractivity contribution >= 4 is 15.7 Å². The molecule has 0 amide bonds. The lowest BCUT2D eigenvalue weighted by molar-refractivity contribution is 0.601. The normalized spacial score (nSPS) is 10.7. The van der Waals surface area contributed by atoms with E-state index >= 15 is 0 Å². The minimum absolute atomic E-state index is 0.166. The zero-order chi connectivity index (χ0) is 14.6. The Kier molecular flexibility index (Phi) is 4.08. The molecule has 7 heteroatoms. The van der Waals surface area contributed by atoms with Crippen LogP contribution in [0.2, 0.25) is 0 Å². The number of hydrogen-bond donors (Lipinski definition) is 2. The number of nitrogens with two attached hydrogens (primary N) is 1. The topological polar surface area (TPSA) is 90.0 Å². The molecule has 1 heterocycles. The number of rotatable bonds is 3. The highest BCUT2D eigenvalue weighted by atomic mass is 32.2. The Morgan fingerprint density at radius 3 is 2.60 bits per heavy atom. The number of aromatic nitrogens is 2. The first-order valence-electron chi connectivity index (χ1n) is 5.82. The minimum atomic E-state index is -3.61. The Balaban J connectivity index is 2.21. The van der Waals surface area contributed by atoms with Crippen molar-refractivity contribution in [3.8, 4) is 11.8 Å². The third kappa shape index (κ3) is 3.38. The van der Waals surface area contributed by atoms with Crippen LogP contribution < -0.4 is 10.5 Å². The monoisotopic (exact) mass is 290 g/mol. The van der Waals surface area contributed by atoms with Crippen LogP contribution in [0.5, 0.6) is 0 Å². The molecule has 0 aliphatic heterocycles. The summed E-state index contributed by atoms with van der Waals surface area (Å²) in [5.74, 6) is 5.54. The van der Waals surface area contributed by atoms with Gasteiger partial charge in [0.15, 0.2) is 0 Å². The van der Waals surface area contributed by atoms with E-state index in [1.165, 1.54) is 23.0 Å². The minimum Gasteiger partial charge on any atom is -0.320 e. The Hall–Kier alpha value is -2.30. The van der Waals surface area contributed by atoms with E-state index in [4.69, 9.17) is 5.73 Å². The molecule has 0 aliphatic rings. The van der Waals surface area contributed by atoms with Crippen LogP contribution in [0.4, 0.5) is 5.69 Å². The van der Waals surface area contributed by atoms with E-state index in [-0.39, 0.29) is 11.4 Å². The van der Waals surface area contributed by atoms with Crippen LogP contribution in [-0.4, -0.2) is 24.7 Å². The maximum atomic E-state index is 12.1. The molecule has 6 nitrogen and oxygen atoms in total. The largest absolute Gasteiger partial charge is 0.320 e. The van der Waals surface area contributed by atoms with E-state index in [0.29, 0.717) is 5.69 Å². The molecule has 0 bridgehead atoms. The second-order valence-corrected chi connectivity index (χ2v) is 5.72. The van der Waals surface area contributed by atoms with E-state index in [0.717, 1.165) is 5.56 Å². The molecule has 0 saturated carbocycles. The second kappa shape index (κ2) is 5.77. The van der Waals surface area contributed by atoms with Gasteiger partial charge in [-0.2, -0.15) is 5.10 Å². The quantitative estimate of drug-likeness (QED) is 0.807. The number of anilines is 1. The molecule has 0 atom stereocenters. The standard InChI is InChI=1S/C13H14N4O2S/c1-17-10-12(9-15-17)16-20(18,19)13-6-4-11(5-7-13)3-2-8-14/h4-7,9-10,16H,8,14H2,1H3. The van der Waals surface area contributed by atoms with Crippen molar-refractivity contribution < 1.29 is 8.42 Å². The van der Waals surface area contributed by atoms with Gasteiger partial charge in [-0.05, 0) is 24.3 Å². The molecule has 0 spiro atoms. The first-order chi connectivity index (χ1) is 9.51. The van der Waals surface area contributed by atoms with Gasteiger partial charge < -0.3 is 5.73 Å². The van der Waals surface area contributed by atoms with Gasteiger partial charge in [0.05, 0.1) is 23.3 Å². The predicted octanol–water partition coefficient (Wildman–Crippen LogP) is 0.531. The molecule has 0 aliphatic carbocycles. The number of benzene rings is 1. The van der Waals surface area contributed by atoms with Crippen molar-refractivity contribution in [1.29, 1.82) is 0 Å². The Morgan fingerprint density at radius 1 is 1.35 bits per heavy atom. The third-order valence-corrected chi connectivity index (χ3v) is 3.85. The SMILES string of the molecule is Cn1cc(NS(=O)(=O)c2ccc(C#CCN)cc2)cn1. The Bertz CT molecular complexity index is 752.